The molecule has 1 amide bonds. The van der Waals surface area contributed by atoms with E-state index in [1.165, 1.54) is 10.3 Å². The fraction of sp³-hybridized carbons (Fsp3) is 0.238. The molecule has 2 aromatic carbocycles. The second-order valence-corrected chi connectivity index (χ2v) is 8.46. The summed E-state index contributed by atoms with van der Waals surface area (Å²) in [5, 5.41) is 0. The molecule has 134 valence electrons. The molecule has 1 aromatic heterocycles. The lowest BCUT2D eigenvalue weighted by Crippen LogP contribution is -2.32. The average Bonchev–Trinajstić information content (AvgIpc) is 3.07. The van der Waals surface area contributed by atoms with E-state index in [1.807, 2.05) is 61.2 Å². The van der Waals surface area contributed by atoms with Crippen LogP contribution in [0.2, 0.25) is 0 Å². The van der Waals surface area contributed by atoms with E-state index in [2.05, 4.69) is 17.6 Å². The number of amides is 1. The average molecular weight is 383 g/mol. The smallest absolute Gasteiger partial charge is 0.254 e. The van der Waals surface area contributed by atoms with Gasteiger partial charge in [-0.3, -0.25) is 4.79 Å². The fourth-order valence-corrected chi connectivity index (χ4v) is 4.66. The van der Waals surface area contributed by atoms with E-state index in [-0.39, 0.29) is 5.91 Å². The van der Waals surface area contributed by atoms with Crippen molar-refractivity contribution in [2.24, 2.45) is 0 Å². The van der Waals surface area contributed by atoms with Crippen molar-refractivity contribution in [3.8, 4) is 0 Å². The van der Waals surface area contributed by atoms with E-state index in [9.17, 15) is 4.79 Å². The summed E-state index contributed by atoms with van der Waals surface area (Å²) >= 11 is 3.45. The molecule has 0 saturated carbocycles. The summed E-state index contributed by atoms with van der Waals surface area (Å²) in [5.74, 6) is 0.901. The quantitative estimate of drug-likeness (QED) is 0.392. The predicted molar refractivity (Wildman–Crippen MR) is 112 cm³/mol. The standard InChI is InChI=1S/C21H22N2OS2/c1-4-23(13-15(2)3)20(24)17-11-9-16(10-12-17)14-25-21-22-18-7-5-6-8-19(18)26-21/h5-12H,2,4,13-14H2,1,3H3. The normalized spacial score (nSPS) is 10.8. The van der Waals surface area contributed by atoms with Gasteiger partial charge in [0.25, 0.3) is 5.91 Å². The molecule has 0 N–H and O–H groups in total. The molecule has 0 unspecified atom stereocenters. The van der Waals surface area contributed by atoms with Crippen LogP contribution < -0.4 is 0 Å². The highest BCUT2D eigenvalue weighted by molar-refractivity contribution is 8.00. The van der Waals surface area contributed by atoms with Gasteiger partial charge in [-0.2, -0.15) is 0 Å². The highest BCUT2D eigenvalue weighted by Gasteiger charge is 2.14. The first-order valence-electron chi connectivity index (χ1n) is 8.57. The first-order valence-corrected chi connectivity index (χ1v) is 10.4. The Hall–Kier alpha value is -2.11. The van der Waals surface area contributed by atoms with Crippen LogP contribution in [-0.2, 0) is 5.75 Å². The molecule has 1 heterocycles. The highest BCUT2D eigenvalue weighted by Crippen LogP contribution is 2.31. The predicted octanol–water partition coefficient (Wildman–Crippen LogP) is 5.63. The van der Waals surface area contributed by atoms with Gasteiger partial charge in [-0.05, 0) is 43.7 Å². The third kappa shape index (κ3) is 4.54. The number of aromatic nitrogens is 1. The summed E-state index contributed by atoms with van der Waals surface area (Å²) in [5.41, 5.74) is 3.96. The maximum Gasteiger partial charge on any atom is 0.254 e. The number of carbonyl (C=O) groups excluding carboxylic acids is 1. The van der Waals surface area contributed by atoms with Gasteiger partial charge >= 0.3 is 0 Å². The van der Waals surface area contributed by atoms with Gasteiger partial charge < -0.3 is 4.90 Å². The largest absolute Gasteiger partial charge is 0.335 e. The van der Waals surface area contributed by atoms with Gasteiger partial charge in [0.05, 0.1) is 10.2 Å². The number of nitrogens with zero attached hydrogens (tertiary/aromatic N) is 2. The van der Waals surface area contributed by atoms with Gasteiger partial charge in [-0.25, -0.2) is 4.98 Å². The van der Waals surface area contributed by atoms with Crippen LogP contribution in [0.3, 0.4) is 0 Å². The second kappa shape index (κ2) is 8.52. The molecule has 0 aliphatic rings. The molecule has 0 atom stereocenters. The van der Waals surface area contributed by atoms with Crippen LogP contribution in [0.1, 0.15) is 29.8 Å². The van der Waals surface area contributed by atoms with Crippen molar-refractivity contribution in [1.29, 1.82) is 0 Å². The maximum absolute atomic E-state index is 12.6. The van der Waals surface area contributed by atoms with Gasteiger partial charge in [-0.1, -0.05) is 48.2 Å². The van der Waals surface area contributed by atoms with E-state index in [0.29, 0.717) is 13.1 Å². The van der Waals surface area contributed by atoms with E-state index < -0.39 is 0 Å². The van der Waals surface area contributed by atoms with Crippen molar-refractivity contribution in [1.82, 2.24) is 9.88 Å². The van der Waals surface area contributed by atoms with Gasteiger partial charge in [0.2, 0.25) is 0 Å². The zero-order chi connectivity index (χ0) is 18.5. The van der Waals surface area contributed by atoms with E-state index in [4.69, 9.17) is 0 Å². The zero-order valence-electron chi connectivity index (χ0n) is 15.1. The third-order valence-corrected chi connectivity index (χ3v) is 6.22. The second-order valence-electron chi connectivity index (χ2n) is 6.21. The molecule has 0 spiro atoms. The third-order valence-electron chi connectivity index (χ3n) is 3.97. The number of rotatable bonds is 7. The topological polar surface area (TPSA) is 33.2 Å². The molecular formula is C21H22N2OS2. The lowest BCUT2D eigenvalue weighted by atomic mass is 10.1. The van der Waals surface area contributed by atoms with Crippen LogP contribution >= 0.6 is 23.1 Å². The molecule has 0 radical (unpaired) electrons. The number of hydrogen-bond donors (Lipinski definition) is 0. The Bertz CT molecular complexity index is 882. The number of para-hydroxylation sites is 1. The van der Waals surface area contributed by atoms with Crippen molar-refractivity contribution in [2.45, 2.75) is 23.9 Å². The molecule has 0 aliphatic heterocycles. The number of likely N-dealkylation sites (N-methyl/N-ethyl adjacent to an activating group) is 1. The van der Waals surface area contributed by atoms with E-state index in [1.54, 1.807) is 23.1 Å². The SMILES string of the molecule is C=C(C)CN(CC)C(=O)c1ccc(CSc2nc3ccccc3s2)cc1. The molecule has 26 heavy (non-hydrogen) atoms. The molecule has 3 nitrogen and oxygen atoms in total. The van der Waals surface area contributed by atoms with Crippen molar-refractivity contribution < 1.29 is 4.79 Å². The Morgan fingerprint density at radius 2 is 1.92 bits per heavy atom. The minimum absolute atomic E-state index is 0.0564. The Balaban J connectivity index is 1.63. The molecule has 3 rings (SSSR count). The molecule has 0 fully saturated rings. The maximum atomic E-state index is 12.6. The first kappa shape index (κ1) is 18.7. The Kier molecular flexibility index (Phi) is 6.12. The van der Waals surface area contributed by atoms with Gasteiger partial charge in [-0.15, -0.1) is 11.3 Å². The summed E-state index contributed by atoms with van der Waals surface area (Å²) in [7, 11) is 0. The number of fused-ring (bicyclic) bond motifs is 1. The molecule has 0 bridgehead atoms. The zero-order valence-corrected chi connectivity index (χ0v) is 16.7. The van der Waals surface area contributed by atoms with Crippen LogP contribution in [0.15, 0.2) is 65.0 Å². The van der Waals surface area contributed by atoms with Gasteiger partial charge in [0.15, 0.2) is 4.34 Å². The van der Waals surface area contributed by atoms with E-state index >= 15 is 0 Å². The molecular weight excluding hydrogens is 360 g/mol. The van der Waals surface area contributed by atoms with E-state index in [0.717, 1.165) is 26.7 Å². The van der Waals surface area contributed by atoms with Gasteiger partial charge in [0, 0.05) is 24.4 Å². The minimum atomic E-state index is 0.0564. The number of thioether (sulfide) groups is 1. The van der Waals surface area contributed by atoms with Crippen molar-refractivity contribution in [2.75, 3.05) is 13.1 Å². The van der Waals surface area contributed by atoms with Crippen molar-refractivity contribution >= 4 is 39.2 Å². The lowest BCUT2D eigenvalue weighted by molar-refractivity contribution is 0.0778. The Labute approximate surface area is 162 Å². The Morgan fingerprint density at radius 1 is 1.19 bits per heavy atom. The number of thiazole rings is 1. The summed E-state index contributed by atoms with van der Waals surface area (Å²) in [6.45, 7) is 9.12. The first-order chi connectivity index (χ1) is 12.6. The highest BCUT2D eigenvalue weighted by atomic mass is 32.2. The van der Waals surface area contributed by atoms with Crippen LogP contribution in [0.25, 0.3) is 10.2 Å². The van der Waals surface area contributed by atoms with Crippen LogP contribution in [0.5, 0.6) is 0 Å². The minimum Gasteiger partial charge on any atom is -0.335 e. The monoisotopic (exact) mass is 382 g/mol. The molecule has 0 aliphatic carbocycles. The van der Waals surface area contributed by atoms with Crippen LogP contribution in [0.4, 0.5) is 0 Å². The lowest BCUT2D eigenvalue weighted by Gasteiger charge is -2.21. The Morgan fingerprint density at radius 3 is 2.58 bits per heavy atom. The summed E-state index contributed by atoms with van der Waals surface area (Å²) in [6, 6.07) is 16.1. The molecule has 3 aromatic rings. The van der Waals surface area contributed by atoms with Crippen LogP contribution in [0, 0.1) is 0 Å². The number of hydrogen-bond acceptors (Lipinski definition) is 4. The number of benzene rings is 2. The van der Waals surface area contributed by atoms with Crippen molar-refractivity contribution in [3.63, 3.8) is 0 Å². The summed E-state index contributed by atoms with van der Waals surface area (Å²) < 4.78 is 2.29. The molecule has 5 heteroatoms. The molecule has 0 saturated heterocycles. The van der Waals surface area contributed by atoms with Crippen LogP contribution in [-0.4, -0.2) is 28.9 Å². The number of carbonyl (C=O) groups is 1. The van der Waals surface area contributed by atoms with Crippen molar-refractivity contribution in [3.05, 3.63) is 71.8 Å². The summed E-state index contributed by atoms with van der Waals surface area (Å²) in [6.07, 6.45) is 0. The van der Waals surface area contributed by atoms with Gasteiger partial charge in [0.1, 0.15) is 0 Å². The fourth-order valence-electron chi connectivity index (χ4n) is 2.64. The summed E-state index contributed by atoms with van der Waals surface area (Å²) in [4.78, 5) is 19.0.